The predicted octanol–water partition coefficient (Wildman–Crippen LogP) is 2.84. The Morgan fingerprint density at radius 1 is 0.909 bits per heavy atom. The van der Waals surface area contributed by atoms with Gasteiger partial charge in [-0.15, -0.1) is 0 Å². The molecule has 0 aliphatic carbocycles. The number of piperidine rings is 1. The summed E-state index contributed by atoms with van der Waals surface area (Å²) in [6.45, 7) is 9.35. The molecule has 2 fully saturated rings. The molecule has 1 amide bonds. The van der Waals surface area contributed by atoms with Gasteiger partial charge < -0.3 is 14.7 Å². The van der Waals surface area contributed by atoms with Crippen LogP contribution in [-0.4, -0.2) is 69.6 Å². The molecule has 0 bridgehead atoms. The highest BCUT2D eigenvalue weighted by Crippen LogP contribution is 2.26. The Balaban J connectivity index is 1.16. The van der Waals surface area contributed by atoms with E-state index in [2.05, 4.69) is 61.7 Å². The normalized spacial score (nSPS) is 17.5. The minimum Gasteiger partial charge on any atom is -0.368 e. The molecule has 0 unspecified atom stereocenters. The van der Waals surface area contributed by atoms with Crippen molar-refractivity contribution >= 4 is 17.4 Å². The van der Waals surface area contributed by atoms with Gasteiger partial charge in [-0.05, 0) is 43.9 Å². The molecule has 0 spiro atoms. The number of hydrogen-bond acceptors (Lipinski definition) is 6. The topological polar surface area (TPSA) is 70.4 Å². The molecule has 8 nitrogen and oxygen atoms in total. The highest BCUT2D eigenvalue weighted by atomic mass is 16.2. The molecular weight excluding hydrogens is 414 g/mol. The molecule has 8 heteroatoms. The summed E-state index contributed by atoms with van der Waals surface area (Å²) in [5, 5.41) is 0. The summed E-state index contributed by atoms with van der Waals surface area (Å²) in [5.74, 6) is 2.12. The second kappa shape index (κ2) is 9.21. The van der Waals surface area contributed by atoms with E-state index in [9.17, 15) is 4.79 Å². The molecule has 0 atom stereocenters. The number of aromatic nitrogens is 4. The summed E-state index contributed by atoms with van der Waals surface area (Å²) in [6, 6.07) is 8.58. The van der Waals surface area contributed by atoms with Gasteiger partial charge in [-0.2, -0.15) is 0 Å². The molecule has 2 saturated heterocycles. The van der Waals surface area contributed by atoms with E-state index < -0.39 is 0 Å². The Bertz CT molecular complexity index is 1100. The Hall–Kier alpha value is -3.42. The maximum Gasteiger partial charge on any atom is 0.225 e. The third-order valence-corrected chi connectivity index (χ3v) is 6.87. The zero-order valence-electron chi connectivity index (χ0n) is 19.4. The maximum absolute atomic E-state index is 13.2. The molecule has 0 N–H and O–H groups in total. The summed E-state index contributed by atoms with van der Waals surface area (Å²) in [5.41, 5.74) is 3.88. The van der Waals surface area contributed by atoms with E-state index in [4.69, 9.17) is 0 Å². The number of amides is 1. The highest BCUT2D eigenvalue weighted by Gasteiger charge is 2.31. The highest BCUT2D eigenvalue weighted by molar-refractivity contribution is 5.79. The number of hydrogen-bond donors (Lipinski definition) is 0. The zero-order chi connectivity index (χ0) is 22.8. The number of nitrogens with zero attached hydrogens (tertiary/aromatic N) is 7. The van der Waals surface area contributed by atoms with Crippen LogP contribution >= 0.6 is 0 Å². The van der Waals surface area contributed by atoms with E-state index in [1.165, 1.54) is 16.8 Å². The fraction of sp³-hybridized carbons (Fsp3) is 0.440. The molecule has 5 rings (SSSR count). The first-order valence-electron chi connectivity index (χ1n) is 11.7. The summed E-state index contributed by atoms with van der Waals surface area (Å²) >= 11 is 0. The van der Waals surface area contributed by atoms with Gasteiger partial charge in [-0.1, -0.05) is 12.1 Å². The fourth-order valence-corrected chi connectivity index (χ4v) is 4.89. The number of piperazine rings is 1. The van der Waals surface area contributed by atoms with E-state index in [1.54, 1.807) is 18.9 Å². The lowest BCUT2D eigenvalue weighted by Crippen LogP contribution is -2.52. The average Bonchev–Trinajstić information content (AvgIpc) is 3.41. The van der Waals surface area contributed by atoms with Gasteiger partial charge in [0, 0.05) is 69.3 Å². The molecule has 4 heterocycles. The number of aryl methyl sites for hydroxylation is 2. The van der Waals surface area contributed by atoms with Gasteiger partial charge in [0.25, 0.3) is 0 Å². The van der Waals surface area contributed by atoms with Crippen molar-refractivity contribution in [3.63, 3.8) is 0 Å². The molecule has 33 heavy (non-hydrogen) atoms. The van der Waals surface area contributed by atoms with Crippen LogP contribution in [0.1, 0.15) is 24.0 Å². The number of imidazole rings is 1. The first kappa shape index (κ1) is 21.4. The third kappa shape index (κ3) is 4.55. The predicted molar refractivity (Wildman–Crippen MR) is 129 cm³/mol. The van der Waals surface area contributed by atoms with Crippen molar-refractivity contribution in [2.24, 2.45) is 5.92 Å². The van der Waals surface area contributed by atoms with E-state index >= 15 is 0 Å². The Morgan fingerprint density at radius 3 is 2.39 bits per heavy atom. The second-order valence-corrected chi connectivity index (χ2v) is 9.07. The van der Waals surface area contributed by atoms with E-state index in [0.29, 0.717) is 5.91 Å². The van der Waals surface area contributed by atoms with Crippen molar-refractivity contribution in [3.05, 3.63) is 60.4 Å². The number of benzene rings is 1. The summed E-state index contributed by atoms with van der Waals surface area (Å²) < 4.78 is 1.87. The molecule has 2 aromatic heterocycles. The molecule has 172 valence electrons. The van der Waals surface area contributed by atoms with Gasteiger partial charge in [0.2, 0.25) is 5.91 Å². The van der Waals surface area contributed by atoms with Crippen LogP contribution in [0, 0.1) is 19.8 Å². The van der Waals surface area contributed by atoms with Crippen LogP contribution in [0.15, 0.2) is 49.3 Å². The summed E-state index contributed by atoms with van der Waals surface area (Å²) in [4.78, 5) is 32.9. The third-order valence-electron chi connectivity index (χ3n) is 6.87. The van der Waals surface area contributed by atoms with Crippen molar-refractivity contribution < 1.29 is 4.79 Å². The smallest absolute Gasteiger partial charge is 0.225 e. The van der Waals surface area contributed by atoms with Gasteiger partial charge in [0.05, 0.1) is 0 Å². The summed E-state index contributed by atoms with van der Waals surface area (Å²) in [6.07, 6.45) is 8.66. The van der Waals surface area contributed by atoms with Crippen LogP contribution in [0.3, 0.4) is 0 Å². The summed E-state index contributed by atoms with van der Waals surface area (Å²) in [7, 11) is 0. The minimum atomic E-state index is 0.100. The van der Waals surface area contributed by atoms with Crippen LogP contribution in [0.25, 0.3) is 5.82 Å². The average molecular weight is 446 g/mol. The lowest BCUT2D eigenvalue weighted by atomic mass is 9.95. The first-order chi connectivity index (χ1) is 16.1. The van der Waals surface area contributed by atoms with Crippen LogP contribution in [0.4, 0.5) is 11.5 Å². The van der Waals surface area contributed by atoms with Crippen LogP contribution in [0.5, 0.6) is 0 Å². The molecule has 2 aliphatic rings. The van der Waals surface area contributed by atoms with E-state index in [-0.39, 0.29) is 5.92 Å². The maximum atomic E-state index is 13.2. The SMILES string of the molecule is Cc1ccc(C)c(N2CCN(C(=O)C3CCN(c4cc(-n5ccnc5)ncn4)CC3)CC2)c1. The molecule has 2 aliphatic heterocycles. The van der Waals surface area contributed by atoms with Crippen molar-refractivity contribution in [2.45, 2.75) is 26.7 Å². The Kier molecular flexibility index (Phi) is 5.98. The number of rotatable bonds is 4. The number of carbonyl (C=O) groups is 1. The standard InChI is InChI=1S/C25H31N7O/c1-19-3-4-20(2)22(15-19)29-11-13-31(14-12-29)25(33)21-5-8-30(9-6-21)23-16-24(28-17-27-23)32-10-7-26-18-32/h3-4,7,10,15-18,21H,5-6,8-9,11-14H2,1-2H3. The van der Waals surface area contributed by atoms with Crippen molar-refractivity contribution in [1.82, 2.24) is 24.4 Å². The number of carbonyl (C=O) groups excluding carboxylic acids is 1. The van der Waals surface area contributed by atoms with Gasteiger partial charge >= 0.3 is 0 Å². The van der Waals surface area contributed by atoms with E-state index in [0.717, 1.165) is 63.7 Å². The molecule has 0 radical (unpaired) electrons. The molecule has 0 saturated carbocycles. The second-order valence-electron chi connectivity index (χ2n) is 9.07. The monoisotopic (exact) mass is 445 g/mol. The van der Waals surface area contributed by atoms with Gasteiger partial charge in [-0.25, -0.2) is 15.0 Å². The molecular formula is C25H31N7O. The largest absolute Gasteiger partial charge is 0.368 e. The van der Waals surface area contributed by atoms with Gasteiger partial charge in [0.15, 0.2) is 0 Å². The van der Waals surface area contributed by atoms with Gasteiger partial charge in [-0.3, -0.25) is 9.36 Å². The van der Waals surface area contributed by atoms with Crippen LogP contribution in [-0.2, 0) is 4.79 Å². The lowest BCUT2D eigenvalue weighted by Gasteiger charge is -2.40. The molecule has 1 aromatic carbocycles. The lowest BCUT2D eigenvalue weighted by molar-refractivity contribution is -0.136. The van der Waals surface area contributed by atoms with Crippen LogP contribution in [0.2, 0.25) is 0 Å². The van der Waals surface area contributed by atoms with E-state index in [1.807, 2.05) is 16.8 Å². The Morgan fingerprint density at radius 2 is 1.67 bits per heavy atom. The zero-order valence-corrected chi connectivity index (χ0v) is 19.4. The van der Waals surface area contributed by atoms with Crippen LogP contribution < -0.4 is 9.80 Å². The quantitative estimate of drug-likeness (QED) is 0.615. The fourth-order valence-electron chi connectivity index (χ4n) is 4.89. The van der Waals surface area contributed by atoms with Crippen molar-refractivity contribution in [1.29, 1.82) is 0 Å². The molecule has 3 aromatic rings. The van der Waals surface area contributed by atoms with Crippen molar-refractivity contribution in [2.75, 3.05) is 49.1 Å². The number of anilines is 2. The van der Waals surface area contributed by atoms with Gasteiger partial charge in [0.1, 0.15) is 24.3 Å². The minimum absolute atomic E-state index is 0.100. The first-order valence-corrected chi connectivity index (χ1v) is 11.7. The van der Waals surface area contributed by atoms with Crippen molar-refractivity contribution in [3.8, 4) is 5.82 Å². The Labute approximate surface area is 194 Å².